The molecule has 3 aromatic carbocycles. The monoisotopic (exact) mass is 624 g/mol. The minimum absolute atomic E-state index is 0. The number of nitrogens with two attached hydrogens (primary N) is 1. The Balaban J connectivity index is 0.000000330. The molecule has 0 bridgehead atoms. The maximum absolute atomic E-state index is 12.3. The van der Waals surface area contributed by atoms with Gasteiger partial charge in [0.25, 0.3) is 0 Å². The number of ketones is 1. The second kappa shape index (κ2) is 18.0. The zero-order valence-corrected chi connectivity index (χ0v) is 24.5. The van der Waals surface area contributed by atoms with E-state index in [1.54, 1.807) is 6.07 Å². The summed E-state index contributed by atoms with van der Waals surface area (Å²) in [7, 11) is 0. The van der Waals surface area contributed by atoms with Crippen LogP contribution in [0.15, 0.2) is 77.3 Å². The van der Waals surface area contributed by atoms with Crippen LogP contribution in [0.5, 0.6) is 0 Å². The highest BCUT2D eigenvalue weighted by molar-refractivity contribution is 9.10. The van der Waals surface area contributed by atoms with Crippen molar-refractivity contribution < 1.29 is 23.9 Å². The van der Waals surface area contributed by atoms with E-state index in [1.165, 1.54) is 26.2 Å². The van der Waals surface area contributed by atoms with Gasteiger partial charge in [-0.05, 0) is 72.4 Å². The summed E-state index contributed by atoms with van der Waals surface area (Å²) in [4.78, 5) is 37.2. The molecule has 0 aromatic heterocycles. The molecule has 7 nitrogen and oxygen atoms in total. The summed E-state index contributed by atoms with van der Waals surface area (Å²) in [6, 6.07) is 22.1. The molecule has 1 fully saturated rings. The van der Waals surface area contributed by atoms with Crippen molar-refractivity contribution in [3.8, 4) is 0 Å². The van der Waals surface area contributed by atoms with Gasteiger partial charge in [0.1, 0.15) is 0 Å². The number of ether oxygens (including phenoxy) is 2. The number of unbranched alkanes of at least 4 members (excludes halogenated alkanes) is 1. The van der Waals surface area contributed by atoms with Crippen LogP contribution in [0.1, 0.15) is 78.3 Å². The largest absolute Gasteiger partial charge is 0.466 e. The fourth-order valence-electron chi connectivity index (χ4n) is 4.30. The average molecular weight is 626 g/mol. The first-order valence-electron chi connectivity index (χ1n) is 13.6. The molecule has 0 radical (unpaired) electrons. The lowest BCUT2D eigenvalue weighted by Crippen LogP contribution is -2.29. The van der Waals surface area contributed by atoms with E-state index in [1.807, 2.05) is 66.7 Å². The molecule has 2 N–H and O–H groups in total. The summed E-state index contributed by atoms with van der Waals surface area (Å²) >= 11 is 3.45. The van der Waals surface area contributed by atoms with E-state index in [2.05, 4.69) is 20.8 Å². The predicted octanol–water partition coefficient (Wildman–Crippen LogP) is 7.07. The Morgan fingerprint density at radius 2 is 1.34 bits per heavy atom. The number of hydrogen-bond acceptors (Lipinski definition) is 7. The third-order valence-electron chi connectivity index (χ3n) is 6.44. The van der Waals surface area contributed by atoms with Gasteiger partial charge in [-0.1, -0.05) is 74.5 Å². The molecule has 0 spiro atoms. The molecule has 0 atom stereocenters. The van der Waals surface area contributed by atoms with Gasteiger partial charge in [0.2, 0.25) is 0 Å². The summed E-state index contributed by atoms with van der Waals surface area (Å²) < 4.78 is 10.9. The molecule has 4 rings (SSSR count). The second-order valence-electron chi connectivity index (χ2n) is 9.61. The summed E-state index contributed by atoms with van der Waals surface area (Å²) in [5, 5.41) is 0. The van der Waals surface area contributed by atoms with E-state index in [9.17, 15) is 14.4 Å². The lowest BCUT2D eigenvalue weighted by molar-refractivity contribution is -0.141. The average Bonchev–Trinajstić information content (AvgIpc) is 2.98. The highest BCUT2D eigenvalue weighted by Crippen LogP contribution is 2.28. The molecule has 0 aliphatic carbocycles. The standard InChI is InChI=1S/C19H27BrN2O4.C13H10O.CH4/c1-14(23)25-9-5-6-10-26-19(24)15-11-16(18(21)17(20)12-15)13-22-7-3-2-4-8-22;14-13(11-7-3-1-4-8-11)12-9-5-2-6-10-12;/h11-12H,2-10,13,21H2,1H3;1-10H;1H4. The van der Waals surface area contributed by atoms with Crippen molar-refractivity contribution in [3.63, 3.8) is 0 Å². The number of esters is 2. The Morgan fingerprint density at radius 3 is 1.88 bits per heavy atom. The van der Waals surface area contributed by atoms with Crippen LogP contribution in [0.2, 0.25) is 0 Å². The van der Waals surface area contributed by atoms with E-state index < -0.39 is 0 Å². The number of carbonyl (C=O) groups is 3. The molecule has 220 valence electrons. The third kappa shape index (κ3) is 11.5. The summed E-state index contributed by atoms with van der Waals surface area (Å²) in [5.41, 5.74) is 9.77. The maximum Gasteiger partial charge on any atom is 0.338 e. The van der Waals surface area contributed by atoms with Gasteiger partial charge in [0, 0.05) is 29.1 Å². The van der Waals surface area contributed by atoms with Gasteiger partial charge >= 0.3 is 11.9 Å². The number of benzene rings is 3. The fraction of sp³-hybridized carbons (Fsp3) is 0.364. The van der Waals surface area contributed by atoms with Crippen LogP contribution in [0.25, 0.3) is 0 Å². The lowest BCUT2D eigenvalue weighted by atomic mass is 10.0. The van der Waals surface area contributed by atoms with Crippen molar-refractivity contribution in [1.82, 2.24) is 4.90 Å². The number of carbonyl (C=O) groups excluding carboxylic acids is 3. The topological polar surface area (TPSA) is 98.9 Å². The molecular formula is C33H41BrN2O5. The first-order valence-corrected chi connectivity index (χ1v) is 14.4. The van der Waals surface area contributed by atoms with E-state index in [0.29, 0.717) is 41.8 Å². The van der Waals surface area contributed by atoms with E-state index >= 15 is 0 Å². The Labute approximate surface area is 252 Å². The molecule has 3 aromatic rings. The van der Waals surface area contributed by atoms with Crippen LogP contribution in [-0.4, -0.2) is 48.9 Å². The molecule has 41 heavy (non-hydrogen) atoms. The number of anilines is 1. The number of piperidine rings is 1. The van der Waals surface area contributed by atoms with E-state index in [4.69, 9.17) is 15.2 Å². The van der Waals surface area contributed by atoms with Crippen LogP contribution in [0.3, 0.4) is 0 Å². The van der Waals surface area contributed by atoms with Crippen molar-refractivity contribution in [1.29, 1.82) is 0 Å². The molecule has 1 heterocycles. The normalized spacial score (nSPS) is 12.7. The van der Waals surface area contributed by atoms with Crippen LogP contribution < -0.4 is 5.73 Å². The number of nitrogens with zero attached hydrogens (tertiary/aromatic N) is 1. The SMILES string of the molecule is C.CC(=O)OCCCCOC(=O)c1cc(Br)c(N)c(CN2CCCCC2)c1.O=C(c1ccccc1)c1ccccc1. The zero-order chi connectivity index (χ0) is 28.7. The van der Waals surface area contributed by atoms with Gasteiger partial charge in [-0.3, -0.25) is 14.5 Å². The van der Waals surface area contributed by atoms with Gasteiger partial charge in [0.15, 0.2) is 5.78 Å². The van der Waals surface area contributed by atoms with Crippen molar-refractivity contribution in [2.75, 3.05) is 32.0 Å². The molecule has 1 aliphatic rings. The summed E-state index contributed by atoms with van der Waals surface area (Å²) in [5.74, 6) is -0.584. The number of rotatable bonds is 10. The van der Waals surface area contributed by atoms with Gasteiger partial charge in [0.05, 0.1) is 24.5 Å². The lowest BCUT2D eigenvalue weighted by Gasteiger charge is -2.27. The van der Waals surface area contributed by atoms with Gasteiger partial charge in [-0.15, -0.1) is 0 Å². The predicted molar refractivity (Wildman–Crippen MR) is 167 cm³/mol. The zero-order valence-electron chi connectivity index (χ0n) is 22.9. The second-order valence-corrected chi connectivity index (χ2v) is 10.5. The smallest absolute Gasteiger partial charge is 0.338 e. The molecule has 1 aliphatic heterocycles. The minimum atomic E-state index is -0.363. The number of nitrogen functional groups attached to an aromatic ring is 1. The van der Waals surface area contributed by atoms with Crippen LogP contribution in [0, 0.1) is 0 Å². The van der Waals surface area contributed by atoms with Crippen LogP contribution in [0.4, 0.5) is 5.69 Å². The molecule has 1 saturated heterocycles. The molecule has 0 saturated carbocycles. The third-order valence-corrected chi connectivity index (χ3v) is 7.10. The first kappa shape index (κ1) is 33.7. The number of halogens is 1. The maximum atomic E-state index is 12.3. The summed E-state index contributed by atoms with van der Waals surface area (Å²) in [6.45, 7) is 4.89. The Bertz CT molecular complexity index is 1200. The molecule has 0 unspecified atom stereocenters. The fourth-order valence-corrected chi connectivity index (χ4v) is 4.80. The Kier molecular flexibility index (Phi) is 14.8. The Hall–Kier alpha value is -3.49. The van der Waals surface area contributed by atoms with Gasteiger partial charge in [-0.25, -0.2) is 4.79 Å². The number of likely N-dealkylation sites (tertiary alicyclic amines) is 1. The van der Waals surface area contributed by atoms with Crippen molar-refractivity contribution >= 4 is 39.3 Å². The molecule has 8 heteroatoms. The highest BCUT2D eigenvalue weighted by Gasteiger charge is 2.17. The molecule has 0 amide bonds. The highest BCUT2D eigenvalue weighted by atomic mass is 79.9. The van der Waals surface area contributed by atoms with Crippen molar-refractivity contribution in [2.45, 2.75) is 53.0 Å². The van der Waals surface area contributed by atoms with E-state index in [0.717, 1.165) is 36.3 Å². The van der Waals surface area contributed by atoms with Crippen LogP contribution in [-0.2, 0) is 20.8 Å². The first-order chi connectivity index (χ1) is 19.3. The van der Waals surface area contributed by atoms with E-state index in [-0.39, 0.29) is 25.1 Å². The Morgan fingerprint density at radius 1 is 0.805 bits per heavy atom. The van der Waals surface area contributed by atoms with Crippen molar-refractivity contribution in [3.05, 3.63) is 99.5 Å². The quantitative estimate of drug-likeness (QED) is 0.111. The minimum Gasteiger partial charge on any atom is -0.466 e. The summed E-state index contributed by atoms with van der Waals surface area (Å²) in [6.07, 6.45) is 5.00. The van der Waals surface area contributed by atoms with Crippen molar-refractivity contribution in [2.24, 2.45) is 0 Å². The van der Waals surface area contributed by atoms with Gasteiger partial charge in [-0.2, -0.15) is 0 Å². The molecular weight excluding hydrogens is 584 g/mol. The number of hydrogen-bond donors (Lipinski definition) is 1. The van der Waals surface area contributed by atoms with Crippen LogP contribution >= 0.6 is 15.9 Å². The van der Waals surface area contributed by atoms with Gasteiger partial charge < -0.3 is 15.2 Å².